The number of rotatable bonds is 2. The number of hydrogen-bond donors (Lipinski definition) is 1. The molecule has 0 spiro atoms. The van der Waals surface area contributed by atoms with E-state index in [9.17, 15) is 5.11 Å². The Morgan fingerprint density at radius 3 is 2.65 bits per heavy atom. The van der Waals surface area contributed by atoms with E-state index in [0.717, 1.165) is 30.2 Å². The highest BCUT2D eigenvalue weighted by atomic mass is 79.9. The van der Waals surface area contributed by atoms with Crippen LogP contribution in [0.1, 0.15) is 17.2 Å². The smallest absolute Gasteiger partial charge is 0.107 e. The minimum absolute atomic E-state index is 0.614. The average Bonchev–Trinajstić information content (AvgIpc) is 2.86. The molecule has 0 aliphatic heterocycles. The van der Waals surface area contributed by atoms with E-state index in [0.29, 0.717) is 5.02 Å². The molecule has 20 heavy (non-hydrogen) atoms. The van der Waals surface area contributed by atoms with Crippen LogP contribution in [0.15, 0.2) is 50.7 Å². The lowest BCUT2D eigenvalue weighted by Crippen LogP contribution is -1.99. The molecule has 1 aromatic heterocycles. The summed E-state index contributed by atoms with van der Waals surface area (Å²) in [7, 11) is 0. The van der Waals surface area contributed by atoms with E-state index >= 15 is 0 Å². The minimum Gasteiger partial charge on any atom is -0.384 e. The normalized spacial score (nSPS) is 12.8. The molecule has 1 N–H and O–H groups in total. The maximum Gasteiger partial charge on any atom is 0.107 e. The zero-order valence-electron chi connectivity index (χ0n) is 10.1. The summed E-state index contributed by atoms with van der Waals surface area (Å²) in [6.07, 6.45) is -0.703. The van der Waals surface area contributed by atoms with Gasteiger partial charge >= 0.3 is 0 Å². The number of hydrogen-bond acceptors (Lipinski definition) is 2. The van der Waals surface area contributed by atoms with Crippen molar-refractivity contribution in [3.05, 3.63) is 66.9 Å². The Morgan fingerprint density at radius 2 is 1.85 bits per heavy atom. The van der Waals surface area contributed by atoms with Crippen molar-refractivity contribution < 1.29 is 5.11 Å². The van der Waals surface area contributed by atoms with Crippen molar-refractivity contribution >= 4 is 64.9 Å². The van der Waals surface area contributed by atoms with Crippen LogP contribution in [0.2, 0.25) is 5.02 Å². The van der Waals surface area contributed by atoms with Crippen molar-refractivity contribution in [3.8, 4) is 0 Å². The highest BCUT2D eigenvalue weighted by Gasteiger charge is 2.18. The number of fused-ring (bicyclic) bond motifs is 1. The Kier molecular flexibility index (Phi) is 4.20. The van der Waals surface area contributed by atoms with Crippen LogP contribution in [0, 0.1) is 0 Å². The van der Waals surface area contributed by atoms with E-state index in [4.69, 9.17) is 11.6 Å². The van der Waals surface area contributed by atoms with Gasteiger partial charge in [0.15, 0.2) is 0 Å². The maximum absolute atomic E-state index is 10.7. The SMILES string of the molecule is OC(c1cc(Cl)ccc1Br)c1csc2c(Br)cccc12. The number of benzene rings is 2. The van der Waals surface area contributed by atoms with Crippen LogP contribution in [0.5, 0.6) is 0 Å². The van der Waals surface area contributed by atoms with Crippen LogP contribution < -0.4 is 0 Å². The van der Waals surface area contributed by atoms with E-state index in [1.165, 1.54) is 0 Å². The Bertz CT molecular complexity index is 785. The van der Waals surface area contributed by atoms with Gasteiger partial charge in [-0.15, -0.1) is 11.3 Å². The maximum atomic E-state index is 10.7. The summed E-state index contributed by atoms with van der Waals surface area (Å²) < 4.78 is 3.03. The van der Waals surface area contributed by atoms with E-state index in [1.807, 2.05) is 29.6 Å². The average molecular weight is 433 g/mol. The predicted octanol–water partition coefficient (Wildman–Crippen LogP) is 6.16. The molecule has 0 amide bonds. The van der Waals surface area contributed by atoms with Crippen LogP contribution in [0.3, 0.4) is 0 Å². The second-order valence-electron chi connectivity index (χ2n) is 4.38. The van der Waals surface area contributed by atoms with Gasteiger partial charge in [-0.1, -0.05) is 39.7 Å². The van der Waals surface area contributed by atoms with Gasteiger partial charge < -0.3 is 5.11 Å². The zero-order chi connectivity index (χ0) is 14.3. The molecule has 5 heteroatoms. The molecule has 0 aliphatic rings. The van der Waals surface area contributed by atoms with Crippen LogP contribution in [0.4, 0.5) is 0 Å². The molecule has 1 nitrogen and oxygen atoms in total. The van der Waals surface area contributed by atoms with Crippen LogP contribution in [-0.2, 0) is 0 Å². The number of aliphatic hydroxyl groups excluding tert-OH is 1. The van der Waals surface area contributed by atoms with Gasteiger partial charge in [0.25, 0.3) is 0 Å². The summed E-state index contributed by atoms with van der Waals surface area (Å²) in [6.45, 7) is 0. The van der Waals surface area contributed by atoms with Crippen LogP contribution in [-0.4, -0.2) is 5.11 Å². The molecule has 3 aromatic rings. The second-order valence-corrected chi connectivity index (χ2v) is 7.40. The lowest BCUT2D eigenvalue weighted by molar-refractivity contribution is 0.221. The summed E-state index contributed by atoms with van der Waals surface area (Å²) in [6, 6.07) is 11.4. The fourth-order valence-electron chi connectivity index (χ4n) is 2.15. The van der Waals surface area contributed by atoms with E-state index in [-0.39, 0.29) is 0 Å². The fourth-order valence-corrected chi connectivity index (χ4v) is 4.43. The minimum atomic E-state index is -0.703. The van der Waals surface area contributed by atoms with Crippen molar-refractivity contribution in [1.82, 2.24) is 0 Å². The van der Waals surface area contributed by atoms with E-state index in [2.05, 4.69) is 31.9 Å². The molecule has 0 aliphatic carbocycles. The Balaban J connectivity index is 2.15. The first-order chi connectivity index (χ1) is 9.58. The van der Waals surface area contributed by atoms with Gasteiger partial charge in [0.2, 0.25) is 0 Å². The number of thiophene rings is 1. The number of aliphatic hydroxyl groups is 1. The molecule has 1 heterocycles. The predicted molar refractivity (Wildman–Crippen MR) is 92.7 cm³/mol. The highest BCUT2D eigenvalue weighted by molar-refractivity contribution is 9.11. The molecule has 1 unspecified atom stereocenters. The van der Waals surface area contributed by atoms with Crippen molar-refractivity contribution in [3.63, 3.8) is 0 Å². The summed E-state index contributed by atoms with van der Waals surface area (Å²) in [5, 5.41) is 14.3. The van der Waals surface area contributed by atoms with Crippen LogP contribution in [0.25, 0.3) is 10.1 Å². The Hall–Kier alpha value is -0.390. The third-order valence-corrected chi connectivity index (χ3v) is 6.06. The lowest BCUT2D eigenvalue weighted by atomic mass is 10.0. The molecule has 1 atom stereocenters. The molecule has 0 bridgehead atoms. The fraction of sp³-hybridized carbons (Fsp3) is 0.0667. The quantitative estimate of drug-likeness (QED) is 0.514. The van der Waals surface area contributed by atoms with Gasteiger partial charge in [0, 0.05) is 29.8 Å². The van der Waals surface area contributed by atoms with Crippen molar-refractivity contribution in [2.45, 2.75) is 6.10 Å². The van der Waals surface area contributed by atoms with Crippen molar-refractivity contribution in [2.75, 3.05) is 0 Å². The lowest BCUT2D eigenvalue weighted by Gasteiger charge is -2.13. The van der Waals surface area contributed by atoms with Gasteiger partial charge in [0.05, 0.1) is 0 Å². The zero-order valence-corrected chi connectivity index (χ0v) is 14.9. The van der Waals surface area contributed by atoms with Crippen molar-refractivity contribution in [2.24, 2.45) is 0 Å². The first-order valence-electron chi connectivity index (χ1n) is 5.86. The largest absolute Gasteiger partial charge is 0.384 e. The third kappa shape index (κ3) is 2.55. The van der Waals surface area contributed by atoms with E-state index < -0.39 is 6.10 Å². The molecule has 102 valence electrons. The topological polar surface area (TPSA) is 20.2 Å². The summed E-state index contributed by atoms with van der Waals surface area (Å²) in [4.78, 5) is 0. The Labute approximate surface area is 142 Å². The van der Waals surface area contributed by atoms with Gasteiger partial charge in [0.1, 0.15) is 6.10 Å². The second kappa shape index (κ2) is 5.78. The van der Waals surface area contributed by atoms with Gasteiger partial charge in [-0.25, -0.2) is 0 Å². The summed E-state index contributed by atoms with van der Waals surface area (Å²) in [5.41, 5.74) is 1.67. The highest BCUT2D eigenvalue weighted by Crippen LogP contribution is 2.39. The van der Waals surface area contributed by atoms with Gasteiger partial charge in [-0.2, -0.15) is 0 Å². The molecular weight excluding hydrogens is 423 g/mol. The molecule has 0 fully saturated rings. The Morgan fingerprint density at radius 1 is 1.05 bits per heavy atom. The first kappa shape index (κ1) is 14.5. The molecule has 0 saturated heterocycles. The summed E-state index contributed by atoms with van der Waals surface area (Å²) in [5.74, 6) is 0. The van der Waals surface area contributed by atoms with Crippen molar-refractivity contribution in [1.29, 1.82) is 0 Å². The first-order valence-corrected chi connectivity index (χ1v) is 8.71. The monoisotopic (exact) mass is 430 g/mol. The molecule has 3 rings (SSSR count). The molecular formula is C15H9Br2ClOS. The third-order valence-electron chi connectivity index (χ3n) is 3.13. The molecule has 2 aromatic carbocycles. The standard InChI is InChI=1S/C15H9Br2ClOS/c16-12-5-4-8(18)6-10(12)14(19)11-7-20-15-9(11)2-1-3-13(15)17/h1-7,14,19H. The van der Waals surface area contributed by atoms with Gasteiger partial charge in [-0.3, -0.25) is 0 Å². The van der Waals surface area contributed by atoms with E-state index in [1.54, 1.807) is 23.5 Å². The van der Waals surface area contributed by atoms with Crippen LogP contribution >= 0.6 is 54.8 Å². The van der Waals surface area contributed by atoms with Gasteiger partial charge in [-0.05, 0) is 51.0 Å². The number of halogens is 3. The molecule has 0 saturated carbocycles. The summed E-state index contributed by atoms with van der Waals surface area (Å²) >= 11 is 14.7. The molecule has 0 radical (unpaired) electrons.